The predicted molar refractivity (Wildman–Crippen MR) is 96.5 cm³/mol. The third-order valence-electron chi connectivity index (χ3n) is 4.79. The molecule has 1 aliphatic carbocycles. The fraction of sp³-hybridized carbons (Fsp3) is 0.647. The van der Waals surface area contributed by atoms with Crippen LogP contribution < -0.4 is 15.5 Å². The van der Waals surface area contributed by atoms with Gasteiger partial charge in [0.15, 0.2) is 5.11 Å². The van der Waals surface area contributed by atoms with E-state index in [1.54, 1.807) is 0 Å². The summed E-state index contributed by atoms with van der Waals surface area (Å²) in [5, 5.41) is 7.36. The van der Waals surface area contributed by atoms with Gasteiger partial charge in [-0.15, -0.1) is 0 Å². The minimum absolute atomic E-state index is 0.543. The van der Waals surface area contributed by atoms with Gasteiger partial charge in [0.1, 0.15) is 5.82 Å². The van der Waals surface area contributed by atoms with E-state index in [0.717, 1.165) is 18.1 Å². The Hall–Kier alpha value is -1.36. The van der Waals surface area contributed by atoms with Crippen molar-refractivity contribution in [2.75, 3.05) is 16.8 Å². The molecule has 5 heteroatoms. The van der Waals surface area contributed by atoms with Gasteiger partial charge >= 0.3 is 0 Å². The van der Waals surface area contributed by atoms with E-state index in [9.17, 15) is 0 Å². The Labute approximate surface area is 138 Å². The highest BCUT2D eigenvalue weighted by Gasteiger charge is 2.19. The van der Waals surface area contributed by atoms with Gasteiger partial charge in [0.05, 0.1) is 11.9 Å². The maximum atomic E-state index is 5.39. The van der Waals surface area contributed by atoms with Crippen LogP contribution in [0.1, 0.15) is 51.9 Å². The van der Waals surface area contributed by atoms with Crippen LogP contribution in [0, 0.1) is 0 Å². The van der Waals surface area contributed by atoms with Crippen molar-refractivity contribution in [1.82, 2.24) is 10.3 Å². The topological polar surface area (TPSA) is 40.2 Å². The molecule has 1 atom stereocenters. The van der Waals surface area contributed by atoms with Crippen LogP contribution in [-0.4, -0.2) is 28.7 Å². The van der Waals surface area contributed by atoms with Crippen LogP contribution in [-0.2, 0) is 0 Å². The van der Waals surface area contributed by atoms with Crippen molar-refractivity contribution in [3.05, 3.63) is 18.3 Å². The molecule has 0 bridgehead atoms. The van der Waals surface area contributed by atoms with Crippen LogP contribution in [0.2, 0.25) is 0 Å². The van der Waals surface area contributed by atoms with Crippen molar-refractivity contribution in [1.29, 1.82) is 0 Å². The average molecular weight is 318 g/mol. The van der Waals surface area contributed by atoms with Crippen LogP contribution in [0.15, 0.2) is 18.3 Å². The molecule has 1 unspecified atom stereocenters. The lowest BCUT2D eigenvalue weighted by Gasteiger charge is -2.34. The molecule has 3 rings (SSSR count). The summed E-state index contributed by atoms with van der Waals surface area (Å²) in [6.07, 6.45) is 10.8. The molecule has 2 N–H and O–H groups in total. The monoisotopic (exact) mass is 318 g/mol. The van der Waals surface area contributed by atoms with Crippen LogP contribution in [0.5, 0.6) is 0 Å². The third kappa shape index (κ3) is 3.88. The Bertz CT molecular complexity index is 496. The molecule has 2 aliphatic rings. The first kappa shape index (κ1) is 15.5. The van der Waals surface area contributed by atoms with E-state index in [-0.39, 0.29) is 0 Å². The number of aromatic nitrogens is 1. The molecule has 4 nitrogen and oxygen atoms in total. The average Bonchev–Trinajstić information content (AvgIpc) is 3.01. The summed E-state index contributed by atoms with van der Waals surface area (Å²) in [7, 11) is 0. The van der Waals surface area contributed by atoms with E-state index in [0.29, 0.717) is 17.2 Å². The van der Waals surface area contributed by atoms with Gasteiger partial charge in [-0.05, 0) is 63.4 Å². The van der Waals surface area contributed by atoms with Crippen LogP contribution in [0.25, 0.3) is 0 Å². The van der Waals surface area contributed by atoms with Crippen LogP contribution in [0.4, 0.5) is 11.5 Å². The zero-order valence-corrected chi connectivity index (χ0v) is 14.2. The van der Waals surface area contributed by atoms with E-state index >= 15 is 0 Å². The number of nitrogens with one attached hydrogen (secondary N) is 2. The van der Waals surface area contributed by atoms with Crippen molar-refractivity contribution in [3.63, 3.8) is 0 Å². The second-order valence-corrected chi connectivity index (χ2v) is 6.93. The molecule has 1 saturated heterocycles. The van der Waals surface area contributed by atoms with Crippen molar-refractivity contribution >= 4 is 28.8 Å². The Kier molecular flexibility index (Phi) is 5.13. The minimum atomic E-state index is 0.543. The van der Waals surface area contributed by atoms with E-state index < -0.39 is 0 Å². The van der Waals surface area contributed by atoms with Gasteiger partial charge < -0.3 is 15.5 Å². The summed E-state index contributed by atoms with van der Waals surface area (Å²) in [5.41, 5.74) is 0.962. The summed E-state index contributed by atoms with van der Waals surface area (Å²) < 4.78 is 0. The van der Waals surface area contributed by atoms with E-state index in [1.165, 1.54) is 44.9 Å². The lowest BCUT2D eigenvalue weighted by atomic mass is 10.0. The van der Waals surface area contributed by atoms with Crippen molar-refractivity contribution in [2.24, 2.45) is 0 Å². The number of nitrogens with zero attached hydrogens (tertiary/aromatic N) is 2. The summed E-state index contributed by atoms with van der Waals surface area (Å²) in [5.74, 6) is 1.08. The molecule has 0 amide bonds. The Balaban J connectivity index is 1.55. The molecule has 1 saturated carbocycles. The SMILES string of the molecule is CC1CCCCN1c1ccc(NC(=S)NC2CCCC2)cn1. The molecule has 0 spiro atoms. The molecule has 120 valence electrons. The number of hydrogen-bond donors (Lipinski definition) is 2. The summed E-state index contributed by atoms with van der Waals surface area (Å²) >= 11 is 5.39. The van der Waals surface area contributed by atoms with Gasteiger partial charge in [-0.25, -0.2) is 4.98 Å². The molecule has 22 heavy (non-hydrogen) atoms. The first-order valence-corrected chi connectivity index (χ1v) is 8.93. The fourth-order valence-corrected chi connectivity index (χ4v) is 3.78. The molecule has 1 aromatic rings. The highest BCUT2D eigenvalue weighted by atomic mass is 32.1. The van der Waals surface area contributed by atoms with Gasteiger partial charge in [0.25, 0.3) is 0 Å². The smallest absolute Gasteiger partial charge is 0.171 e. The summed E-state index contributed by atoms with van der Waals surface area (Å²) in [6.45, 7) is 3.40. The molecular formula is C17H26N4S. The number of piperidine rings is 1. The highest BCUT2D eigenvalue weighted by molar-refractivity contribution is 7.80. The van der Waals surface area contributed by atoms with Gasteiger partial charge in [-0.1, -0.05) is 12.8 Å². The number of anilines is 2. The van der Waals surface area contributed by atoms with Crippen molar-refractivity contribution in [2.45, 2.75) is 64.0 Å². The lowest BCUT2D eigenvalue weighted by Crippen LogP contribution is -2.38. The maximum absolute atomic E-state index is 5.39. The number of pyridine rings is 1. The molecule has 0 radical (unpaired) electrons. The van der Waals surface area contributed by atoms with E-state index in [1.807, 2.05) is 6.20 Å². The largest absolute Gasteiger partial charge is 0.360 e. The van der Waals surface area contributed by atoms with Crippen molar-refractivity contribution in [3.8, 4) is 0 Å². The number of rotatable bonds is 3. The maximum Gasteiger partial charge on any atom is 0.171 e. The second kappa shape index (κ2) is 7.27. The predicted octanol–water partition coefficient (Wildman–Crippen LogP) is 3.69. The Morgan fingerprint density at radius 1 is 1.18 bits per heavy atom. The van der Waals surface area contributed by atoms with Crippen molar-refractivity contribution < 1.29 is 0 Å². The normalized spacial score (nSPS) is 22.6. The fourth-order valence-electron chi connectivity index (χ4n) is 3.49. The first-order chi connectivity index (χ1) is 10.7. The third-order valence-corrected chi connectivity index (χ3v) is 5.01. The van der Waals surface area contributed by atoms with E-state index in [4.69, 9.17) is 12.2 Å². The summed E-state index contributed by atoms with van der Waals surface area (Å²) in [4.78, 5) is 7.02. The first-order valence-electron chi connectivity index (χ1n) is 8.52. The minimum Gasteiger partial charge on any atom is -0.360 e. The molecule has 1 aromatic heterocycles. The Morgan fingerprint density at radius 2 is 1.95 bits per heavy atom. The molecule has 2 fully saturated rings. The number of thiocarbonyl (C=S) groups is 1. The zero-order chi connectivity index (χ0) is 15.4. The molecule has 2 heterocycles. The Morgan fingerprint density at radius 3 is 2.64 bits per heavy atom. The van der Waals surface area contributed by atoms with Crippen LogP contribution in [0.3, 0.4) is 0 Å². The van der Waals surface area contributed by atoms with Gasteiger partial charge in [0.2, 0.25) is 0 Å². The van der Waals surface area contributed by atoms with Gasteiger partial charge in [0, 0.05) is 18.6 Å². The number of hydrogen-bond acceptors (Lipinski definition) is 3. The van der Waals surface area contributed by atoms with Crippen LogP contribution >= 0.6 is 12.2 Å². The molecule has 1 aliphatic heterocycles. The van der Waals surface area contributed by atoms with E-state index in [2.05, 4.69) is 39.6 Å². The standard InChI is InChI=1S/C17H26N4S/c1-13-6-4-5-11-21(13)16-10-9-15(12-18-16)20-17(22)19-14-7-2-3-8-14/h9-10,12-14H,2-8,11H2,1H3,(H2,19,20,22). The quantitative estimate of drug-likeness (QED) is 0.832. The second-order valence-electron chi connectivity index (χ2n) is 6.52. The summed E-state index contributed by atoms with van der Waals surface area (Å²) in [6, 6.07) is 5.31. The molecule has 0 aromatic carbocycles. The lowest BCUT2D eigenvalue weighted by molar-refractivity contribution is 0.481. The highest BCUT2D eigenvalue weighted by Crippen LogP contribution is 2.23. The van der Waals surface area contributed by atoms with Gasteiger partial charge in [-0.3, -0.25) is 0 Å². The molecular weight excluding hydrogens is 292 g/mol. The zero-order valence-electron chi connectivity index (χ0n) is 13.3. The van der Waals surface area contributed by atoms with Gasteiger partial charge in [-0.2, -0.15) is 0 Å².